The van der Waals surface area contributed by atoms with E-state index in [1.165, 1.54) is 0 Å². The first-order chi connectivity index (χ1) is 11.6. The lowest BCUT2D eigenvalue weighted by Crippen LogP contribution is -2.22. The van der Waals surface area contributed by atoms with E-state index in [2.05, 4.69) is 5.32 Å². The third kappa shape index (κ3) is 4.91. The third-order valence-electron chi connectivity index (χ3n) is 3.63. The molecule has 1 N–H and O–H groups in total. The van der Waals surface area contributed by atoms with Crippen molar-refractivity contribution in [1.82, 2.24) is 0 Å². The quantitative estimate of drug-likeness (QED) is 0.751. The fourth-order valence-corrected chi connectivity index (χ4v) is 2.17. The van der Waals surface area contributed by atoms with Crippen LogP contribution in [0.2, 0.25) is 0 Å². The molecule has 1 atom stereocenters. The van der Waals surface area contributed by atoms with Gasteiger partial charge in [0.05, 0.1) is 25.8 Å². The molecule has 0 aliphatic heterocycles. The molecule has 0 heterocycles. The average Bonchev–Trinajstić information content (AvgIpc) is 2.64. The molecule has 0 fully saturated rings. The highest BCUT2D eigenvalue weighted by atomic mass is 16.5. The minimum Gasteiger partial charge on any atom is -0.497 e. The summed E-state index contributed by atoms with van der Waals surface area (Å²) in [4.78, 5) is 12.1. The molecule has 0 amide bonds. The van der Waals surface area contributed by atoms with Gasteiger partial charge in [0.25, 0.3) is 0 Å². The zero-order valence-electron chi connectivity index (χ0n) is 14.2. The smallest absolute Gasteiger partial charge is 0.310 e. The molecule has 24 heavy (non-hydrogen) atoms. The Hall–Kier alpha value is -2.69. The van der Waals surface area contributed by atoms with E-state index in [4.69, 9.17) is 14.2 Å². The number of carbonyl (C=O) groups excluding carboxylic acids is 1. The van der Waals surface area contributed by atoms with Crippen LogP contribution in [0.4, 0.5) is 5.69 Å². The zero-order chi connectivity index (χ0) is 17.4. The predicted octanol–water partition coefficient (Wildman–Crippen LogP) is 3.50. The van der Waals surface area contributed by atoms with Gasteiger partial charge in [-0.25, -0.2) is 0 Å². The Morgan fingerprint density at radius 1 is 1.08 bits per heavy atom. The number of benzene rings is 2. The molecule has 0 saturated heterocycles. The lowest BCUT2D eigenvalue weighted by molar-refractivity contribution is -0.148. The molecule has 128 valence electrons. The van der Waals surface area contributed by atoms with Crippen molar-refractivity contribution in [2.75, 3.05) is 26.1 Å². The molecule has 2 aromatic carbocycles. The highest BCUT2D eigenvalue weighted by Gasteiger charge is 2.15. The number of nitrogens with one attached hydrogen (secondary N) is 1. The number of hydrogen-bond donors (Lipinski definition) is 1. The topological polar surface area (TPSA) is 56.8 Å². The third-order valence-corrected chi connectivity index (χ3v) is 3.63. The molecule has 0 aromatic heterocycles. The Labute approximate surface area is 142 Å². The van der Waals surface area contributed by atoms with Crippen LogP contribution in [0.15, 0.2) is 48.5 Å². The van der Waals surface area contributed by atoms with Crippen molar-refractivity contribution in [1.29, 1.82) is 0 Å². The summed E-state index contributed by atoms with van der Waals surface area (Å²) in [6.07, 6.45) is 0. The van der Waals surface area contributed by atoms with Crippen LogP contribution in [0.25, 0.3) is 0 Å². The lowest BCUT2D eigenvalue weighted by Gasteiger charge is -2.16. The van der Waals surface area contributed by atoms with E-state index >= 15 is 0 Å². The van der Waals surface area contributed by atoms with E-state index in [1.807, 2.05) is 55.5 Å². The maximum Gasteiger partial charge on any atom is 0.310 e. The monoisotopic (exact) mass is 329 g/mol. The highest BCUT2D eigenvalue weighted by molar-refractivity contribution is 5.73. The van der Waals surface area contributed by atoms with Crippen LogP contribution >= 0.6 is 0 Å². The van der Waals surface area contributed by atoms with Crippen LogP contribution in [0.5, 0.6) is 11.5 Å². The van der Waals surface area contributed by atoms with Gasteiger partial charge in [0.2, 0.25) is 0 Å². The Kier molecular flexibility index (Phi) is 6.49. The Morgan fingerprint density at radius 3 is 2.50 bits per heavy atom. The van der Waals surface area contributed by atoms with Gasteiger partial charge in [0, 0.05) is 12.6 Å². The van der Waals surface area contributed by atoms with E-state index in [0.717, 1.165) is 17.0 Å². The molecule has 0 radical (unpaired) electrons. The number of esters is 1. The van der Waals surface area contributed by atoms with Crippen LogP contribution in [-0.4, -0.2) is 26.7 Å². The van der Waals surface area contributed by atoms with E-state index in [1.54, 1.807) is 14.2 Å². The summed E-state index contributed by atoms with van der Waals surface area (Å²) in [5, 5.41) is 3.21. The van der Waals surface area contributed by atoms with Crippen molar-refractivity contribution in [3.05, 3.63) is 54.1 Å². The summed E-state index contributed by atoms with van der Waals surface area (Å²) in [5.41, 5.74) is 1.75. The van der Waals surface area contributed by atoms with Gasteiger partial charge in [-0.1, -0.05) is 37.3 Å². The second-order valence-corrected chi connectivity index (χ2v) is 5.44. The van der Waals surface area contributed by atoms with Crippen LogP contribution in [0, 0.1) is 5.92 Å². The van der Waals surface area contributed by atoms with Gasteiger partial charge in [-0.15, -0.1) is 0 Å². The number of rotatable bonds is 8. The summed E-state index contributed by atoms with van der Waals surface area (Å²) < 4.78 is 15.9. The number of ether oxygens (including phenoxy) is 3. The second-order valence-electron chi connectivity index (χ2n) is 5.44. The van der Waals surface area contributed by atoms with Crippen LogP contribution < -0.4 is 14.8 Å². The molecule has 5 heteroatoms. The molecule has 2 aromatic rings. The van der Waals surface area contributed by atoms with Gasteiger partial charge < -0.3 is 19.5 Å². The summed E-state index contributed by atoms with van der Waals surface area (Å²) in [5.74, 6) is 0.885. The van der Waals surface area contributed by atoms with Gasteiger partial charge >= 0.3 is 5.97 Å². The average molecular weight is 329 g/mol. The highest BCUT2D eigenvalue weighted by Crippen LogP contribution is 2.29. The Morgan fingerprint density at radius 2 is 1.83 bits per heavy atom. The first-order valence-corrected chi connectivity index (χ1v) is 7.80. The number of carbonyl (C=O) groups is 1. The minimum absolute atomic E-state index is 0.242. The normalized spacial score (nSPS) is 11.5. The van der Waals surface area contributed by atoms with Crippen LogP contribution in [0.1, 0.15) is 12.5 Å². The second kappa shape index (κ2) is 8.82. The van der Waals surface area contributed by atoms with Crippen LogP contribution in [0.3, 0.4) is 0 Å². The molecule has 2 rings (SSSR count). The van der Waals surface area contributed by atoms with Gasteiger partial charge in [-0.2, -0.15) is 0 Å². The molecule has 0 aliphatic carbocycles. The molecule has 0 spiro atoms. The summed E-state index contributed by atoms with van der Waals surface area (Å²) in [6, 6.07) is 15.1. The predicted molar refractivity (Wildman–Crippen MR) is 93.4 cm³/mol. The van der Waals surface area contributed by atoms with E-state index in [-0.39, 0.29) is 18.5 Å². The first kappa shape index (κ1) is 17.7. The van der Waals surface area contributed by atoms with Crippen molar-refractivity contribution in [3.8, 4) is 11.5 Å². The number of methoxy groups -OCH3 is 2. The van der Waals surface area contributed by atoms with Crippen molar-refractivity contribution >= 4 is 11.7 Å². The van der Waals surface area contributed by atoms with E-state index < -0.39 is 0 Å². The Bertz CT molecular complexity index is 658. The van der Waals surface area contributed by atoms with Crippen molar-refractivity contribution in [2.24, 2.45) is 5.92 Å². The summed E-state index contributed by atoms with van der Waals surface area (Å²) >= 11 is 0. The zero-order valence-corrected chi connectivity index (χ0v) is 14.2. The van der Waals surface area contributed by atoms with E-state index in [0.29, 0.717) is 12.3 Å². The fraction of sp³-hybridized carbons (Fsp3) is 0.316. The van der Waals surface area contributed by atoms with Gasteiger partial charge in [-0.05, 0) is 17.7 Å². The van der Waals surface area contributed by atoms with Crippen LogP contribution in [-0.2, 0) is 16.1 Å². The lowest BCUT2D eigenvalue weighted by atomic mass is 10.1. The molecular formula is C19H23NO4. The maximum atomic E-state index is 12.1. The fourth-order valence-electron chi connectivity index (χ4n) is 2.17. The Balaban J connectivity index is 1.88. The maximum absolute atomic E-state index is 12.1. The number of hydrogen-bond acceptors (Lipinski definition) is 5. The van der Waals surface area contributed by atoms with Gasteiger partial charge in [0.1, 0.15) is 18.1 Å². The largest absolute Gasteiger partial charge is 0.497 e. The molecule has 1 unspecified atom stereocenters. The summed E-state index contributed by atoms with van der Waals surface area (Å²) in [7, 11) is 3.21. The van der Waals surface area contributed by atoms with Crippen molar-refractivity contribution < 1.29 is 19.0 Å². The molecule has 0 bridgehead atoms. The van der Waals surface area contributed by atoms with Gasteiger partial charge in [0.15, 0.2) is 0 Å². The van der Waals surface area contributed by atoms with E-state index in [9.17, 15) is 4.79 Å². The molecule has 5 nitrogen and oxygen atoms in total. The standard InChI is InChI=1S/C19H23NO4/c1-14(19(21)24-13-15-7-5-4-6-8-15)12-20-17-11-16(22-2)9-10-18(17)23-3/h4-11,14,20H,12-13H2,1-3H3. The first-order valence-electron chi connectivity index (χ1n) is 7.80. The van der Waals surface area contributed by atoms with Crippen molar-refractivity contribution in [2.45, 2.75) is 13.5 Å². The van der Waals surface area contributed by atoms with Crippen molar-refractivity contribution in [3.63, 3.8) is 0 Å². The molecule has 0 aliphatic rings. The summed E-state index contributed by atoms with van der Waals surface area (Å²) in [6.45, 7) is 2.55. The SMILES string of the molecule is COc1ccc(OC)c(NCC(C)C(=O)OCc2ccccc2)c1. The van der Waals surface area contributed by atoms with Gasteiger partial charge in [-0.3, -0.25) is 4.79 Å². The molecular weight excluding hydrogens is 306 g/mol. The number of anilines is 1. The molecule has 0 saturated carbocycles. The minimum atomic E-state index is -0.287.